The van der Waals surface area contributed by atoms with E-state index in [1.807, 2.05) is 105 Å². The topological polar surface area (TPSA) is 116 Å². The number of carbonyl (C=O) groups is 2. The number of benzene rings is 3. The third kappa shape index (κ3) is 8.82. The summed E-state index contributed by atoms with van der Waals surface area (Å²) in [6.45, 7) is 4.47. The first kappa shape index (κ1) is 28.1. The number of nitrogens with one attached hydrogen (secondary N) is 3. The van der Waals surface area contributed by atoms with E-state index in [9.17, 15) is 14.7 Å². The molecule has 0 aliphatic carbocycles. The first-order chi connectivity index (χ1) is 17.8. The van der Waals surface area contributed by atoms with Gasteiger partial charge in [-0.1, -0.05) is 105 Å². The van der Waals surface area contributed by atoms with Crippen LogP contribution >= 0.6 is 0 Å². The van der Waals surface area contributed by atoms with Gasteiger partial charge in [0, 0.05) is 19.1 Å². The molecule has 0 aromatic heterocycles. The summed E-state index contributed by atoms with van der Waals surface area (Å²) in [4.78, 5) is 26.5. The van der Waals surface area contributed by atoms with Crippen LogP contribution in [0.5, 0.6) is 0 Å². The van der Waals surface area contributed by atoms with Crippen LogP contribution in [0.4, 0.5) is 0 Å². The van der Waals surface area contributed by atoms with Crippen molar-refractivity contribution in [3.05, 3.63) is 108 Å². The highest BCUT2D eigenvalue weighted by Gasteiger charge is 2.34. The van der Waals surface area contributed by atoms with Crippen LogP contribution in [0, 0.1) is 5.92 Å². The Morgan fingerprint density at radius 2 is 1.22 bits per heavy atom. The Morgan fingerprint density at radius 3 is 1.73 bits per heavy atom. The van der Waals surface area contributed by atoms with Crippen molar-refractivity contribution in [3.8, 4) is 0 Å². The predicted molar refractivity (Wildman–Crippen MR) is 146 cm³/mol. The zero-order valence-corrected chi connectivity index (χ0v) is 21.5. The molecule has 3 aromatic rings. The molecule has 0 fully saturated rings. The summed E-state index contributed by atoms with van der Waals surface area (Å²) < 4.78 is 0. The summed E-state index contributed by atoms with van der Waals surface area (Å²) in [6.07, 6.45) is -0.770. The summed E-state index contributed by atoms with van der Waals surface area (Å²) in [7, 11) is 0. The van der Waals surface area contributed by atoms with E-state index in [1.54, 1.807) is 0 Å². The number of hydrogen-bond acceptors (Lipinski definition) is 5. The Morgan fingerprint density at radius 1 is 0.730 bits per heavy atom. The van der Waals surface area contributed by atoms with Crippen molar-refractivity contribution in [2.75, 3.05) is 0 Å². The number of aliphatic hydroxyl groups excluding tert-OH is 1. The fourth-order valence-electron chi connectivity index (χ4n) is 4.12. The average molecular weight is 503 g/mol. The van der Waals surface area contributed by atoms with Crippen molar-refractivity contribution >= 4 is 11.8 Å². The van der Waals surface area contributed by atoms with E-state index in [0.29, 0.717) is 19.5 Å². The van der Waals surface area contributed by atoms with Gasteiger partial charge in [-0.25, -0.2) is 0 Å². The quantitative estimate of drug-likeness (QED) is 0.246. The first-order valence-corrected chi connectivity index (χ1v) is 12.7. The molecule has 7 nitrogen and oxygen atoms in total. The minimum absolute atomic E-state index is 0.162. The van der Waals surface area contributed by atoms with Gasteiger partial charge in [-0.3, -0.25) is 14.9 Å². The van der Waals surface area contributed by atoms with Crippen molar-refractivity contribution in [2.24, 2.45) is 11.7 Å². The van der Waals surface area contributed by atoms with E-state index in [2.05, 4.69) is 16.0 Å². The lowest BCUT2D eigenvalue weighted by Gasteiger charge is -2.30. The number of aliphatic hydroxyl groups is 1. The molecule has 7 heteroatoms. The molecule has 4 atom stereocenters. The Hall–Kier alpha value is -3.52. The summed E-state index contributed by atoms with van der Waals surface area (Å²) in [5.41, 5.74) is 9.27. The van der Waals surface area contributed by atoms with Crippen molar-refractivity contribution in [3.63, 3.8) is 0 Å². The van der Waals surface area contributed by atoms with E-state index in [-0.39, 0.29) is 11.8 Å². The van der Waals surface area contributed by atoms with E-state index in [1.165, 1.54) is 0 Å². The number of rotatable bonds is 13. The third-order valence-corrected chi connectivity index (χ3v) is 6.30. The Bertz CT molecular complexity index is 1090. The summed E-state index contributed by atoms with van der Waals surface area (Å²) >= 11 is 0. The molecule has 0 unspecified atom stereocenters. The Labute approximate surface area is 219 Å². The molecule has 0 saturated heterocycles. The smallest absolute Gasteiger partial charge is 0.243 e. The van der Waals surface area contributed by atoms with E-state index in [4.69, 9.17) is 5.73 Å². The van der Waals surface area contributed by atoms with Crippen LogP contribution in [0.15, 0.2) is 91.0 Å². The van der Waals surface area contributed by atoms with E-state index in [0.717, 1.165) is 16.7 Å². The van der Waals surface area contributed by atoms with Crippen molar-refractivity contribution in [1.82, 2.24) is 16.0 Å². The second kappa shape index (κ2) is 14.3. The summed E-state index contributed by atoms with van der Waals surface area (Å²) in [5, 5.41) is 20.1. The van der Waals surface area contributed by atoms with Gasteiger partial charge < -0.3 is 21.5 Å². The van der Waals surface area contributed by atoms with Gasteiger partial charge in [0.1, 0.15) is 12.1 Å². The third-order valence-electron chi connectivity index (χ3n) is 6.30. The molecule has 0 aliphatic rings. The Kier molecular flexibility index (Phi) is 10.8. The van der Waals surface area contributed by atoms with E-state index >= 15 is 0 Å². The highest BCUT2D eigenvalue weighted by atomic mass is 16.3. The minimum atomic E-state index is -1.18. The second-order valence-corrected chi connectivity index (χ2v) is 9.62. The van der Waals surface area contributed by atoms with Crippen LogP contribution in [0.1, 0.15) is 30.5 Å². The zero-order valence-electron chi connectivity index (χ0n) is 21.5. The normalized spacial score (nSPS) is 14.4. The van der Waals surface area contributed by atoms with Gasteiger partial charge in [0.25, 0.3) is 0 Å². The highest BCUT2D eigenvalue weighted by Crippen LogP contribution is 2.11. The van der Waals surface area contributed by atoms with Gasteiger partial charge in [-0.15, -0.1) is 0 Å². The average Bonchev–Trinajstić information content (AvgIpc) is 2.92. The summed E-state index contributed by atoms with van der Waals surface area (Å²) in [5.74, 6) is -0.915. The SMILES string of the molecule is CC(C)[C@H](NC(=O)[C@H](NCc1ccccc1)[C@H](O)[C@@H](N)Cc1ccccc1)C(=O)NCc1ccccc1. The molecular weight excluding hydrogens is 464 g/mol. The molecule has 0 radical (unpaired) electrons. The lowest BCUT2D eigenvalue weighted by Crippen LogP contribution is -2.60. The maximum Gasteiger partial charge on any atom is 0.243 e. The van der Waals surface area contributed by atoms with Crippen LogP contribution in [0.3, 0.4) is 0 Å². The van der Waals surface area contributed by atoms with Crippen LogP contribution < -0.4 is 21.7 Å². The molecule has 6 N–H and O–H groups in total. The zero-order chi connectivity index (χ0) is 26.6. The Balaban J connectivity index is 1.71. The van der Waals surface area contributed by atoms with Gasteiger partial charge in [0.15, 0.2) is 0 Å². The lowest BCUT2D eigenvalue weighted by molar-refractivity contribution is -0.133. The molecule has 3 aromatic carbocycles. The fraction of sp³-hybridized carbons (Fsp3) is 0.333. The monoisotopic (exact) mass is 502 g/mol. The fourth-order valence-corrected chi connectivity index (χ4v) is 4.12. The number of carbonyl (C=O) groups excluding carboxylic acids is 2. The van der Waals surface area contributed by atoms with Gasteiger partial charge >= 0.3 is 0 Å². The molecule has 3 rings (SSSR count). The molecule has 0 heterocycles. The number of amides is 2. The largest absolute Gasteiger partial charge is 0.389 e. The lowest BCUT2D eigenvalue weighted by atomic mass is 9.95. The van der Waals surface area contributed by atoms with Gasteiger partial charge in [-0.05, 0) is 29.0 Å². The molecular formula is C30H38N4O3. The standard InChI is InChI=1S/C30H38N4O3/c1-21(2)26(29(36)33-20-24-16-10-5-11-17-24)34-30(37)27(32-19-23-14-8-4-9-15-23)28(35)25(31)18-22-12-6-3-7-13-22/h3-17,21,25-28,32,35H,18-20,31H2,1-2H3,(H,33,36)(H,34,37)/t25-,26-,27+,28+/m0/s1. The van der Waals surface area contributed by atoms with Crippen LogP contribution in [-0.4, -0.2) is 41.2 Å². The summed E-state index contributed by atoms with van der Waals surface area (Å²) in [6, 6.07) is 26.3. The number of hydrogen-bond donors (Lipinski definition) is 5. The molecule has 0 bridgehead atoms. The molecule has 0 spiro atoms. The van der Waals surface area contributed by atoms with Gasteiger partial charge in [0.2, 0.25) is 11.8 Å². The maximum absolute atomic E-state index is 13.5. The maximum atomic E-state index is 13.5. The first-order valence-electron chi connectivity index (χ1n) is 12.7. The predicted octanol–water partition coefficient (Wildman–Crippen LogP) is 2.53. The van der Waals surface area contributed by atoms with Crippen molar-refractivity contribution in [1.29, 1.82) is 0 Å². The number of nitrogens with two attached hydrogens (primary N) is 1. The molecule has 0 aliphatic heterocycles. The molecule has 196 valence electrons. The van der Waals surface area contributed by atoms with Crippen molar-refractivity contribution < 1.29 is 14.7 Å². The molecule has 37 heavy (non-hydrogen) atoms. The van der Waals surface area contributed by atoms with Gasteiger partial charge in [-0.2, -0.15) is 0 Å². The van der Waals surface area contributed by atoms with Crippen LogP contribution in [0.2, 0.25) is 0 Å². The second-order valence-electron chi connectivity index (χ2n) is 9.62. The van der Waals surface area contributed by atoms with Crippen LogP contribution in [0.25, 0.3) is 0 Å². The molecule has 2 amide bonds. The van der Waals surface area contributed by atoms with Crippen molar-refractivity contribution in [2.45, 2.75) is 57.6 Å². The van der Waals surface area contributed by atoms with E-state index < -0.39 is 30.1 Å². The highest BCUT2D eigenvalue weighted by molar-refractivity contribution is 5.90. The van der Waals surface area contributed by atoms with Gasteiger partial charge in [0.05, 0.1) is 6.10 Å². The minimum Gasteiger partial charge on any atom is -0.389 e. The van der Waals surface area contributed by atoms with Crippen LogP contribution in [-0.2, 0) is 29.1 Å². The molecule has 0 saturated carbocycles.